The number of hydrazine groups is 1. The van der Waals surface area contributed by atoms with E-state index in [1.165, 1.54) is 5.01 Å². The fraction of sp³-hybridized carbons (Fsp3) is 0.667. The molecule has 0 spiro atoms. The SMILES string of the molecule is CCC(=O)N(C[C@@H]1CCNC1=O)NC(=O)[C@H](CC1CCCCC1)NC(=O)[C@@H](NC(=O)OCc1ccccc1)[C@@H](C)OC(C)(C)C. The molecular weight excluding hydrogens is 578 g/mol. The van der Waals surface area contributed by atoms with Crippen molar-refractivity contribution in [1.29, 1.82) is 0 Å². The predicted molar refractivity (Wildman–Crippen MR) is 168 cm³/mol. The summed E-state index contributed by atoms with van der Waals surface area (Å²) in [6.07, 6.45) is 4.55. The van der Waals surface area contributed by atoms with Crippen molar-refractivity contribution in [2.24, 2.45) is 11.8 Å². The van der Waals surface area contributed by atoms with E-state index < -0.39 is 47.6 Å². The Kier molecular flexibility index (Phi) is 13.6. The van der Waals surface area contributed by atoms with Crippen LogP contribution in [0, 0.1) is 11.8 Å². The van der Waals surface area contributed by atoms with E-state index in [0.29, 0.717) is 19.4 Å². The fourth-order valence-electron chi connectivity index (χ4n) is 5.81. The van der Waals surface area contributed by atoms with Crippen LogP contribution in [0.25, 0.3) is 0 Å². The van der Waals surface area contributed by atoms with E-state index in [1.807, 2.05) is 51.1 Å². The molecule has 12 nitrogen and oxygen atoms in total. The molecule has 0 radical (unpaired) electrons. The summed E-state index contributed by atoms with van der Waals surface area (Å²) in [6.45, 7) is 9.47. The first-order chi connectivity index (χ1) is 21.4. The van der Waals surface area contributed by atoms with Gasteiger partial charge < -0.3 is 25.4 Å². The van der Waals surface area contributed by atoms with Crippen LogP contribution in [0.4, 0.5) is 4.79 Å². The molecule has 4 atom stereocenters. The highest BCUT2D eigenvalue weighted by Gasteiger charge is 2.36. The molecule has 3 rings (SSSR count). The molecule has 12 heteroatoms. The Morgan fingerprint density at radius 1 is 1.00 bits per heavy atom. The number of carbonyl (C=O) groups excluding carboxylic acids is 5. The molecule has 0 aromatic heterocycles. The minimum Gasteiger partial charge on any atom is -0.445 e. The van der Waals surface area contributed by atoms with Crippen LogP contribution in [-0.4, -0.2) is 71.6 Å². The van der Waals surface area contributed by atoms with Crippen LogP contribution in [0.15, 0.2) is 30.3 Å². The van der Waals surface area contributed by atoms with Crippen molar-refractivity contribution in [2.75, 3.05) is 13.1 Å². The van der Waals surface area contributed by atoms with Gasteiger partial charge in [-0.05, 0) is 52.0 Å². The van der Waals surface area contributed by atoms with Gasteiger partial charge in [-0.15, -0.1) is 0 Å². The van der Waals surface area contributed by atoms with Gasteiger partial charge in [-0.25, -0.2) is 4.79 Å². The summed E-state index contributed by atoms with van der Waals surface area (Å²) in [5.74, 6) is -1.88. The molecular formula is C33H51N5O7. The van der Waals surface area contributed by atoms with Gasteiger partial charge in [0.15, 0.2) is 0 Å². The molecule has 5 amide bonds. The first kappa shape index (κ1) is 35.8. The van der Waals surface area contributed by atoms with E-state index in [2.05, 4.69) is 21.4 Å². The van der Waals surface area contributed by atoms with Crippen molar-refractivity contribution in [3.63, 3.8) is 0 Å². The van der Waals surface area contributed by atoms with Crippen molar-refractivity contribution in [3.05, 3.63) is 35.9 Å². The van der Waals surface area contributed by atoms with Gasteiger partial charge in [0.05, 0.1) is 24.2 Å². The van der Waals surface area contributed by atoms with Crippen LogP contribution in [0.3, 0.4) is 0 Å². The van der Waals surface area contributed by atoms with Crippen LogP contribution in [0.2, 0.25) is 0 Å². The Bertz CT molecular complexity index is 1150. The Labute approximate surface area is 266 Å². The van der Waals surface area contributed by atoms with Crippen molar-refractivity contribution >= 4 is 29.7 Å². The second kappa shape index (κ2) is 17.1. The molecule has 2 fully saturated rings. The Hall–Kier alpha value is -3.67. The van der Waals surface area contributed by atoms with E-state index in [9.17, 15) is 24.0 Å². The molecule has 1 saturated carbocycles. The van der Waals surface area contributed by atoms with Crippen molar-refractivity contribution < 1.29 is 33.4 Å². The zero-order valence-electron chi connectivity index (χ0n) is 27.4. The lowest BCUT2D eigenvalue weighted by atomic mass is 9.84. The third kappa shape index (κ3) is 12.0. The van der Waals surface area contributed by atoms with Crippen LogP contribution < -0.4 is 21.4 Å². The van der Waals surface area contributed by atoms with Gasteiger partial charge >= 0.3 is 6.09 Å². The van der Waals surface area contributed by atoms with E-state index in [1.54, 1.807) is 13.8 Å². The summed E-state index contributed by atoms with van der Waals surface area (Å²) >= 11 is 0. The Morgan fingerprint density at radius 3 is 2.29 bits per heavy atom. The standard InChI is InChI=1S/C33H51N5O7/c1-6-27(39)38(20-25-17-18-34-29(25)40)37-30(41)26(19-23-13-9-7-10-14-23)35-31(42)28(22(2)45-33(3,4)5)36-32(43)44-21-24-15-11-8-12-16-24/h8,11-12,15-16,22-23,25-26,28H,6-7,9-10,13-14,17-21H2,1-5H3,(H,34,40)(H,35,42)(H,36,43)(H,37,41)/t22-,25+,26+,28+/m1/s1. The average Bonchev–Trinajstić information content (AvgIpc) is 3.41. The van der Waals surface area contributed by atoms with Crippen LogP contribution in [0.5, 0.6) is 0 Å². The number of nitrogens with zero attached hydrogens (tertiary/aromatic N) is 1. The largest absolute Gasteiger partial charge is 0.445 e. The minimum atomic E-state index is -1.18. The number of hydrogen-bond donors (Lipinski definition) is 4. The van der Waals surface area contributed by atoms with Gasteiger partial charge in [0.2, 0.25) is 17.7 Å². The molecule has 45 heavy (non-hydrogen) atoms. The number of carbonyl (C=O) groups is 5. The maximum Gasteiger partial charge on any atom is 0.408 e. The summed E-state index contributed by atoms with van der Waals surface area (Å²) in [5, 5.41) is 9.45. The van der Waals surface area contributed by atoms with Gasteiger partial charge in [0.1, 0.15) is 18.7 Å². The number of rotatable bonds is 13. The molecule has 1 aromatic carbocycles. The van der Waals surface area contributed by atoms with Crippen molar-refractivity contribution in [3.8, 4) is 0 Å². The number of hydrogen-bond acceptors (Lipinski definition) is 7. The van der Waals surface area contributed by atoms with Gasteiger partial charge in [0, 0.05) is 13.0 Å². The minimum absolute atomic E-state index is 0.0164. The summed E-state index contributed by atoms with van der Waals surface area (Å²) < 4.78 is 11.4. The smallest absolute Gasteiger partial charge is 0.408 e. The van der Waals surface area contributed by atoms with Gasteiger partial charge in [-0.1, -0.05) is 69.4 Å². The second-order valence-corrected chi connectivity index (χ2v) is 13.0. The molecule has 1 saturated heterocycles. The molecule has 0 unspecified atom stereocenters. The summed E-state index contributed by atoms with van der Waals surface area (Å²) in [7, 11) is 0. The van der Waals surface area contributed by atoms with E-state index in [-0.39, 0.29) is 37.3 Å². The molecule has 1 heterocycles. The molecule has 2 aliphatic rings. The average molecular weight is 630 g/mol. The quantitative estimate of drug-likeness (QED) is 0.244. The third-order valence-electron chi connectivity index (χ3n) is 8.12. The highest BCUT2D eigenvalue weighted by molar-refractivity contribution is 5.92. The zero-order chi connectivity index (χ0) is 33.0. The lowest BCUT2D eigenvalue weighted by molar-refractivity contribution is -0.145. The molecule has 1 aromatic rings. The highest BCUT2D eigenvalue weighted by atomic mass is 16.6. The topological polar surface area (TPSA) is 155 Å². The van der Waals surface area contributed by atoms with Gasteiger partial charge in [-0.2, -0.15) is 0 Å². The van der Waals surface area contributed by atoms with E-state index in [4.69, 9.17) is 9.47 Å². The maximum atomic E-state index is 13.9. The highest BCUT2D eigenvalue weighted by Crippen LogP contribution is 2.27. The zero-order valence-corrected chi connectivity index (χ0v) is 27.4. The third-order valence-corrected chi connectivity index (χ3v) is 8.12. The van der Waals surface area contributed by atoms with Crippen molar-refractivity contribution in [1.82, 2.24) is 26.4 Å². The van der Waals surface area contributed by atoms with Gasteiger partial charge in [-0.3, -0.25) is 29.6 Å². The summed E-state index contributed by atoms with van der Waals surface area (Å²) in [4.78, 5) is 65.5. The molecule has 1 aliphatic carbocycles. The number of alkyl carbamates (subject to hydrolysis) is 1. The number of benzene rings is 1. The molecule has 1 aliphatic heterocycles. The predicted octanol–water partition coefficient (Wildman–Crippen LogP) is 3.35. The number of nitrogens with one attached hydrogen (secondary N) is 4. The monoisotopic (exact) mass is 629 g/mol. The maximum absolute atomic E-state index is 13.9. The summed E-state index contributed by atoms with van der Waals surface area (Å²) in [5.41, 5.74) is 2.87. The van der Waals surface area contributed by atoms with E-state index >= 15 is 0 Å². The number of ether oxygens (including phenoxy) is 2. The second-order valence-electron chi connectivity index (χ2n) is 13.0. The van der Waals surface area contributed by atoms with Crippen LogP contribution in [0.1, 0.15) is 91.5 Å². The molecule has 250 valence electrons. The Morgan fingerprint density at radius 2 is 1.69 bits per heavy atom. The van der Waals surface area contributed by atoms with Crippen molar-refractivity contribution in [2.45, 2.75) is 116 Å². The lowest BCUT2D eigenvalue weighted by Crippen LogP contribution is -2.60. The van der Waals surface area contributed by atoms with Crippen LogP contribution >= 0.6 is 0 Å². The fourth-order valence-corrected chi connectivity index (χ4v) is 5.81. The lowest BCUT2D eigenvalue weighted by Gasteiger charge is -2.33. The van der Waals surface area contributed by atoms with Gasteiger partial charge in [0.25, 0.3) is 5.91 Å². The summed E-state index contributed by atoms with van der Waals surface area (Å²) in [6, 6.07) is 7.01. The first-order valence-corrected chi connectivity index (χ1v) is 16.2. The molecule has 4 N–H and O–H groups in total. The first-order valence-electron chi connectivity index (χ1n) is 16.2. The van der Waals surface area contributed by atoms with Crippen LogP contribution in [-0.2, 0) is 35.3 Å². The Balaban J connectivity index is 1.78. The normalized spacial score (nSPS) is 19.0. The van der Waals surface area contributed by atoms with E-state index in [0.717, 1.165) is 37.7 Å². The number of amides is 5. The molecule has 0 bridgehead atoms.